The predicted octanol–water partition coefficient (Wildman–Crippen LogP) is 1.84. The van der Waals surface area contributed by atoms with Crippen LogP contribution in [0.15, 0.2) is 65.8 Å². The first-order chi connectivity index (χ1) is 14.1. The standard InChI is InChI=1S/C19H20N6O3S/c26-19(21-15-7-6-8-16(13-15)24-14-20-22-23-24)18-11-4-5-12-25(18)29(27,28)17-9-2-1-3-10-17/h1-3,6-10,13-14,18H,4-5,11-12H2,(H,21,26)/t18-/m1/s1. The van der Waals surface area contributed by atoms with Crippen molar-refractivity contribution in [3.05, 3.63) is 60.9 Å². The van der Waals surface area contributed by atoms with Crippen molar-refractivity contribution in [3.63, 3.8) is 0 Å². The molecular formula is C19H20N6O3S. The van der Waals surface area contributed by atoms with Crippen molar-refractivity contribution in [3.8, 4) is 5.69 Å². The number of anilines is 1. The van der Waals surface area contributed by atoms with Crippen LogP contribution in [0, 0.1) is 0 Å². The smallest absolute Gasteiger partial charge is 0.243 e. The summed E-state index contributed by atoms with van der Waals surface area (Å²) in [5.74, 6) is -0.349. The molecule has 0 radical (unpaired) electrons. The van der Waals surface area contributed by atoms with Gasteiger partial charge in [0.2, 0.25) is 15.9 Å². The molecule has 1 aliphatic heterocycles. The Bertz CT molecular complexity index is 1090. The third-order valence-electron chi connectivity index (χ3n) is 4.83. The minimum Gasteiger partial charge on any atom is -0.325 e. The molecule has 1 amide bonds. The van der Waals surface area contributed by atoms with Crippen molar-refractivity contribution < 1.29 is 13.2 Å². The van der Waals surface area contributed by atoms with Crippen LogP contribution in [0.25, 0.3) is 5.69 Å². The Hall–Kier alpha value is -3.11. The van der Waals surface area contributed by atoms with Gasteiger partial charge in [0.1, 0.15) is 12.4 Å². The Morgan fingerprint density at radius 2 is 1.90 bits per heavy atom. The van der Waals surface area contributed by atoms with E-state index in [0.717, 1.165) is 12.8 Å². The van der Waals surface area contributed by atoms with Crippen molar-refractivity contribution in [1.29, 1.82) is 0 Å². The number of hydrogen-bond donors (Lipinski definition) is 1. The van der Waals surface area contributed by atoms with E-state index in [4.69, 9.17) is 0 Å². The molecule has 1 fully saturated rings. The maximum Gasteiger partial charge on any atom is 0.243 e. The quantitative estimate of drug-likeness (QED) is 0.685. The number of carbonyl (C=O) groups excluding carboxylic acids is 1. The molecule has 0 bridgehead atoms. The summed E-state index contributed by atoms with van der Waals surface area (Å²) in [6, 6.07) is 14.5. The van der Waals surface area contributed by atoms with Crippen LogP contribution in [0.1, 0.15) is 19.3 Å². The third kappa shape index (κ3) is 4.03. The lowest BCUT2D eigenvalue weighted by Crippen LogP contribution is -2.49. The minimum absolute atomic E-state index is 0.195. The average Bonchev–Trinajstić information content (AvgIpc) is 3.30. The molecule has 0 saturated carbocycles. The van der Waals surface area contributed by atoms with Crippen LogP contribution >= 0.6 is 0 Å². The van der Waals surface area contributed by atoms with Gasteiger partial charge in [-0.2, -0.15) is 4.31 Å². The van der Waals surface area contributed by atoms with E-state index in [1.165, 1.54) is 15.3 Å². The largest absolute Gasteiger partial charge is 0.325 e. The first-order valence-electron chi connectivity index (χ1n) is 9.27. The number of tetrazole rings is 1. The molecular weight excluding hydrogens is 392 g/mol. The number of nitrogens with zero attached hydrogens (tertiary/aromatic N) is 5. The second kappa shape index (κ2) is 8.10. The Morgan fingerprint density at radius 3 is 2.66 bits per heavy atom. The summed E-state index contributed by atoms with van der Waals surface area (Å²) >= 11 is 0. The topological polar surface area (TPSA) is 110 Å². The zero-order valence-electron chi connectivity index (χ0n) is 15.5. The van der Waals surface area contributed by atoms with Crippen LogP contribution in [-0.2, 0) is 14.8 Å². The fourth-order valence-corrected chi connectivity index (χ4v) is 5.09. The molecule has 1 atom stereocenters. The van der Waals surface area contributed by atoms with E-state index >= 15 is 0 Å². The van der Waals surface area contributed by atoms with Gasteiger partial charge in [0, 0.05) is 12.2 Å². The third-order valence-corrected chi connectivity index (χ3v) is 6.76. The van der Waals surface area contributed by atoms with E-state index in [9.17, 15) is 13.2 Å². The minimum atomic E-state index is -3.75. The summed E-state index contributed by atoms with van der Waals surface area (Å²) in [5.41, 5.74) is 1.23. The number of hydrogen-bond acceptors (Lipinski definition) is 6. The van der Waals surface area contributed by atoms with Gasteiger partial charge in [-0.05, 0) is 53.6 Å². The normalized spacial score (nSPS) is 17.7. The maximum absolute atomic E-state index is 13.1. The fourth-order valence-electron chi connectivity index (χ4n) is 3.41. The summed E-state index contributed by atoms with van der Waals surface area (Å²) in [6.45, 7) is 0.319. The summed E-state index contributed by atoms with van der Waals surface area (Å²) in [7, 11) is -3.75. The Morgan fingerprint density at radius 1 is 1.07 bits per heavy atom. The molecule has 150 valence electrons. The first-order valence-corrected chi connectivity index (χ1v) is 10.7. The van der Waals surface area contributed by atoms with Crippen molar-refractivity contribution in [1.82, 2.24) is 24.5 Å². The lowest BCUT2D eigenvalue weighted by Gasteiger charge is -2.33. The van der Waals surface area contributed by atoms with Gasteiger partial charge in [0.05, 0.1) is 10.6 Å². The van der Waals surface area contributed by atoms with Crippen molar-refractivity contribution >= 4 is 21.6 Å². The highest BCUT2D eigenvalue weighted by atomic mass is 32.2. The van der Waals surface area contributed by atoms with Crippen molar-refractivity contribution in [2.75, 3.05) is 11.9 Å². The molecule has 2 aromatic carbocycles. The van der Waals surface area contributed by atoms with Gasteiger partial charge >= 0.3 is 0 Å². The predicted molar refractivity (Wildman–Crippen MR) is 106 cm³/mol. The highest BCUT2D eigenvalue weighted by Crippen LogP contribution is 2.26. The van der Waals surface area contributed by atoms with Crippen LogP contribution in [0.4, 0.5) is 5.69 Å². The number of aromatic nitrogens is 4. The molecule has 1 aliphatic rings. The van der Waals surface area contributed by atoms with Gasteiger partial charge < -0.3 is 5.32 Å². The molecule has 0 unspecified atom stereocenters. The zero-order chi connectivity index (χ0) is 20.3. The van der Waals surface area contributed by atoms with E-state index in [1.54, 1.807) is 54.6 Å². The first kappa shape index (κ1) is 19.2. The van der Waals surface area contributed by atoms with Crippen molar-refractivity contribution in [2.24, 2.45) is 0 Å². The Balaban J connectivity index is 1.56. The van der Waals surface area contributed by atoms with Gasteiger partial charge in [-0.1, -0.05) is 30.7 Å². The van der Waals surface area contributed by atoms with E-state index in [0.29, 0.717) is 24.3 Å². The van der Waals surface area contributed by atoms with Gasteiger partial charge in [-0.25, -0.2) is 13.1 Å². The molecule has 29 heavy (non-hydrogen) atoms. The van der Waals surface area contributed by atoms with Crippen LogP contribution in [0.3, 0.4) is 0 Å². The molecule has 0 spiro atoms. The number of amides is 1. The van der Waals surface area contributed by atoms with Crippen LogP contribution in [0.5, 0.6) is 0 Å². The van der Waals surface area contributed by atoms with Crippen LogP contribution < -0.4 is 5.32 Å². The molecule has 10 heteroatoms. The molecule has 1 saturated heterocycles. The number of nitrogens with one attached hydrogen (secondary N) is 1. The van der Waals surface area contributed by atoms with E-state index in [1.807, 2.05) is 0 Å². The average molecular weight is 412 g/mol. The highest BCUT2D eigenvalue weighted by molar-refractivity contribution is 7.89. The SMILES string of the molecule is O=C(Nc1cccc(-n2cnnn2)c1)[C@H]1CCCCN1S(=O)(=O)c1ccccc1. The van der Waals surface area contributed by atoms with E-state index in [-0.39, 0.29) is 10.8 Å². The number of rotatable bonds is 5. The fraction of sp³-hybridized carbons (Fsp3) is 0.263. The second-order valence-electron chi connectivity index (χ2n) is 6.73. The van der Waals surface area contributed by atoms with Crippen LogP contribution in [0.2, 0.25) is 0 Å². The van der Waals surface area contributed by atoms with Gasteiger partial charge in [0.15, 0.2) is 0 Å². The number of piperidine rings is 1. The van der Waals surface area contributed by atoms with E-state index in [2.05, 4.69) is 20.8 Å². The molecule has 2 heterocycles. The van der Waals surface area contributed by atoms with E-state index < -0.39 is 16.1 Å². The zero-order valence-corrected chi connectivity index (χ0v) is 16.4. The summed E-state index contributed by atoms with van der Waals surface area (Å²) in [6.07, 6.45) is 3.45. The van der Waals surface area contributed by atoms with Crippen LogP contribution in [-0.4, -0.2) is 51.4 Å². The van der Waals surface area contributed by atoms with Gasteiger partial charge in [0.25, 0.3) is 0 Å². The number of sulfonamides is 1. The Labute approximate surface area is 168 Å². The second-order valence-corrected chi connectivity index (χ2v) is 8.62. The van der Waals surface area contributed by atoms with Gasteiger partial charge in [-0.15, -0.1) is 5.10 Å². The lowest BCUT2D eigenvalue weighted by molar-refractivity contribution is -0.120. The molecule has 9 nitrogen and oxygen atoms in total. The number of benzene rings is 2. The molecule has 1 aromatic heterocycles. The summed E-state index contributed by atoms with van der Waals surface area (Å²) in [4.78, 5) is 13.2. The highest BCUT2D eigenvalue weighted by Gasteiger charge is 2.37. The summed E-state index contributed by atoms with van der Waals surface area (Å²) < 4.78 is 29.0. The molecule has 3 aromatic rings. The lowest BCUT2D eigenvalue weighted by atomic mass is 10.0. The number of carbonyl (C=O) groups is 1. The molecule has 1 N–H and O–H groups in total. The van der Waals surface area contributed by atoms with Crippen molar-refractivity contribution in [2.45, 2.75) is 30.2 Å². The summed E-state index contributed by atoms with van der Waals surface area (Å²) in [5, 5.41) is 13.9. The Kier molecular flexibility index (Phi) is 5.36. The van der Waals surface area contributed by atoms with Gasteiger partial charge in [-0.3, -0.25) is 4.79 Å². The molecule has 4 rings (SSSR count). The monoisotopic (exact) mass is 412 g/mol. The molecule has 0 aliphatic carbocycles. The maximum atomic E-state index is 13.1.